The molecule has 5 heteroatoms. The van der Waals surface area contributed by atoms with E-state index in [-0.39, 0.29) is 5.41 Å². The number of rotatable bonds is 4. The molecule has 2 unspecified atom stereocenters. The number of aromatic nitrogens is 2. The Morgan fingerprint density at radius 2 is 1.86 bits per heavy atom. The maximum Gasteiger partial charge on any atom is 0.226 e. The third kappa shape index (κ3) is 2.66. The van der Waals surface area contributed by atoms with E-state index in [1.54, 1.807) is 11.1 Å². The van der Waals surface area contributed by atoms with Gasteiger partial charge >= 0.3 is 0 Å². The van der Waals surface area contributed by atoms with E-state index in [9.17, 15) is 0 Å². The van der Waals surface area contributed by atoms with Crippen LogP contribution in [0.5, 0.6) is 5.75 Å². The first-order valence-electron chi connectivity index (χ1n) is 14.4. The summed E-state index contributed by atoms with van der Waals surface area (Å²) >= 11 is 0. The monoisotopic (exact) mass is 484 g/mol. The molecular formula is C31H40N4O. The summed E-state index contributed by atoms with van der Waals surface area (Å²) in [7, 11) is 1.83. The Kier molecular flexibility index (Phi) is 4.28. The predicted molar refractivity (Wildman–Crippen MR) is 142 cm³/mol. The van der Waals surface area contributed by atoms with Gasteiger partial charge < -0.3 is 9.64 Å². The molecule has 6 atom stereocenters. The van der Waals surface area contributed by atoms with Gasteiger partial charge in [0.1, 0.15) is 5.75 Å². The summed E-state index contributed by atoms with van der Waals surface area (Å²) in [4.78, 5) is 15.5. The normalized spacial score (nSPS) is 39.1. The van der Waals surface area contributed by atoms with E-state index in [4.69, 9.17) is 14.7 Å². The minimum Gasteiger partial charge on any atom is -0.497 e. The molecule has 6 aliphatic rings. The number of likely N-dealkylation sites (tertiary alicyclic amines) is 1. The molecule has 5 fully saturated rings. The fraction of sp³-hybridized carbons (Fsp3) is 0.677. The van der Waals surface area contributed by atoms with Gasteiger partial charge in [0.15, 0.2) is 0 Å². The molecule has 0 radical (unpaired) electrons. The van der Waals surface area contributed by atoms with Gasteiger partial charge in [0.05, 0.1) is 7.11 Å². The Labute approximate surface area is 215 Å². The molecule has 3 heterocycles. The van der Waals surface area contributed by atoms with Crippen molar-refractivity contribution >= 4 is 5.95 Å². The first kappa shape index (κ1) is 21.9. The van der Waals surface area contributed by atoms with Crippen LogP contribution in [0, 0.1) is 36.5 Å². The molecule has 1 aromatic heterocycles. The van der Waals surface area contributed by atoms with Crippen LogP contribution in [0.4, 0.5) is 5.95 Å². The van der Waals surface area contributed by atoms with Gasteiger partial charge in [-0.25, -0.2) is 9.97 Å². The van der Waals surface area contributed by atoms with Crippen molar-refractivity contribution in [2.75, 3.05) is 31.6 Å². The van der Waals surface area contributed by atoms with Gasteiger partial charge in [-0.1, -0.05) is 13.0 Å². The van der Waals surface area contributed by atoms with Gasteiger partial charge in [-0.05, 0) is 117 Å². The van der Waals surface area contributed by atoms with E-state index in [1.807, 2.05) is 7.11 Å². The smallest absolute Gasteiger partial charge is 0.226 e. The summed E-state index contributed by atoms with van der Waals surface area (Å²) in [5, 5.41) is 0. The van der Waals surface area contributed by atoms with Gasteiger partial charge in [0.25, 0.3) is 0 Å². The number of benzene rings is 1. The molecule has 4 bridgehead atoms. The maximum atomic E-state index is 5.82. The highest BCUT2D eigenvalue weighted by molar-refractivity contribution is 5.53. The molecule has 3 saturated carbocycles. The lowest BCUT2D eigenvalue weighted by Crippen LogP contribution is -2.70. The standard InChI is InChI=1S/C31H40N4O/c1-19-13-20(2)33-28(32-19)35-17-22-16-30-8-7-25(35)27(22)31(30)11-12-34(18-29(3)9-10-29)26(30)14-21-5-6-23(36-4)15-24(21)31/h5-6,13,15,22,25-27H,7-12,14,16-18H2,1-4H3/t22-,25?,26-,27?,30-,31+/m1/s1. The molecule has 1 aromatic carbocycles. The van der Waals surface area contributed by atoms with Crippen molar-refractivity contribution in [2.45, 2.75) is 83.2 Å². The SMILES string of the molecule is COc1ccc2c(c1)[C@]13CCN(CC4(C)CC4)[C@H](C2)[C@]12CCC1C3[C@@H](CN1c1nc(C)cc(C)n1)C2. The Morgan fingerprint density at radius 3 is 2.61 bits per heavy atom. The highest BCUT2D eigenvalue weighted by Crippen LogP contribution is 2.75. The zero-order valence-corrected chi connectivity index (χ0v) is 22.4. The summed E-state index contributed by atoms with van der Waals surface area (Å²) in [6, 6.07) is 10.4. The maximum absolute atomic E-state index is 5.82. The number of piperidine rings is 1. The molecule has 0 amide bonds. The fourth-order valence-electron chi connectivity index (χ4n) is 10.3. The summed E-state index contributed by atoms with van der Waals surface area (Å²) in [5.41, 5.74) is 6.68. The van der Waals surface area contributed by atoms with Gasteiger partial charge in [0.2, 0.25) is 5.95 Å². The molecule has 36 heavy (non-hydrogen) atoms. The second-order valence-corrected chi connectivity index (χ2v) is 13.6. The Hall–Kier alpha value is -2.14. The molecule has 8 rings (SSSR count). The van der Waals surface area contributed by atoms with Crippen LogP contribution in [0.1, 0.15) is 68.0 Å². The Morgan fingerprint density at radius 1 is 1.06 bits per heavy atom. The molecule has 5 nitrogen and oxygen atoms in total. The van der Waals surface area contributed by atoms with Crippen LogP contribution in [0.3, 0.4) is 0 Å². The van der Waals surface area contributed by atoms with Crippen LogP contribution in [0.25, 0.3) is 0 Å². The third-order valence-corrected chi connectivity index (χ3v) is 11.7. The third-order valence-electron chi connectivity index (χ3n) is 11.7. The number of fused-ring (bicyclic) bond motifs is 1. The number of nitrogens with zero attached hydrogens (tertiary/aromatic N) is 4. The number of hydrogen-bond donors (Lipinski definition) is 0. The van der Waals surface area contributed by atoms with Crippen molar-refractivity contribution in [3.05, 3.63) is 46.8 Å². The van der Waals surface area contributed by atoms with Crippen LogP contribution < -0.4 is 9.64 Å². The first-order valence-corrected chi connectivity index (χ1v) is 14.4. The van der Waals surface area contributed by atoms with Crippen molar-refractivity contribution in [3.8, 4) is 5.75 Å². The average Bonchev–Trinajstić information content (AvgIpc) is 3.38. The minimum absolute atomic E-state index is 0.266. The Bertz CT molecular complexity index is 1230. The lowest BCUT2D eigenvalue weighted by atomic mass is 9.43. The second-order valence-electron chi connectivity index (χ2n) is 13.6. The van der Waals surface area contributed by atoms with Crippen LogP contribution in [0.2, 0.25) is 0 Å². The van der Waals surface area contributed by atoms with Crippen molar-refractivity contribution < 1.29 is 4.74 Å². The molecule has 2 saturated heterocycles. The number of aryl methyl sites for hydroxylation is 2. The molecule has 190 valence electrons. The van der Waals surface area contributed by atoms with E-state index in [2.05, 4.69) is 54.8 Å². The van der Waals surface area contributed by atoms with Crippen molar-refractivity contribution in [2.24, 2.45) is 22.7 Å². The summed E-state index contributed by atoms with van der Waals surface area (Å²) in [6.45, 7) is 10.5. The van der Waals surface area contributed by atoms with Gasteiger partial charge in [-0.15, -0.1) is 0 Å². The zero-order chi connectivity index (χ0) is 24.4. The number of methoxy groups -OCH3 is 1. The van der Waals surface area contributed by atoms with E-state index < -0.39 is 0 Å². The van der Waals surface area contributed by atoms with E-state index in [1.165, 1.54) is 58.0 Å². The van der Waals surface area contributed by atoms with Gasteiger partial charge in [-0.3, -0.25) is 4.90 Å². The van der Waals surface area contributed by atoms with Gasteiger partial charge in [-0.2, -0.15) is 0 Å². The molecular weight excluding hydrogens is 444 g/mol. The summed E-state index contributed by atoms with van der Waals surface area (Å²) in [6.07, 6.45) is 9.38. The minimum atomic E-state index is 0.266. The number of anilines is 1. The number of hydrogen-bond acceptors (Lipinski definition) is 5. The van der Waals surface area contributed by atoms with Crippen molar-refractivity contribution in [1.82, 2.24) is 14.9 Å². The van der Waals surface area contributed by atoms with Crippen LogP contribution in [0.15, 0.2) is 24.3 Å². The number of ether oxygens (including phenoxy) is 1. The van der Waals surface area contributed by atoms with Gasteiger partial charge in [0, 0.05) is 42.0 Å². The molecule has 2 aliphatic heterocycles. The average molecular weight is 485 g/mol. The lowest BCUT2D eigenvalue weighted by Gasteiger charge is -2.66. The van der Waals surface area contributed by atoms with E-state index in [0.29, 0.717) is 28.8 Å². The van der Waals surface area contributed by atoms with E-state index >= 15 is 0 Å². The highest BCUT2D eigenvalue weighted by atomic mass is 16.5. The topological polar surface area (TPSA) is 41.5 Å². The molecule has 0 N–H and O–H groups in total. The fourth-order valence-corrected chi connectivity index (χ4v) is 10.3. The predicted octanol–water partition coefficient (Wildman–Crippen LogP) is 5.08. The second kappa shape index (κ2) is 7.03. The first-order chi connectivity index (χ1) is 17.4. The Balaban J connectivity index is 1.27. The van der Waals surface area contributed by atoms with E-state index in [0.717, 1.165) is 35.5 Å². The lowest BCUT2D eigenvalue weighted by molar-refractivity contribution is -0.0955. The van der Waals surface area contributed by atoms with Crippen LogP contribution in [-0.2, 0) is 11.8 Å². The zero-order valence-electron chi connectivity index (χ0n) is 22.4. The van der Waals surface area contributed by atoms with Crippen LogP contribution in [-0.4, -0.2) is 53.7 Å². The summed E-state index contributed by atoms with van der Waals surface area (Å²) in [5.74, 6) is 3.45. The summed E-state index contributed by atoms with van der Waals surface area (Å²) < 4.78 is 5.82. The quantitative estimate of drug-likeness (QED) is 0.606. The molecule has 0 spiro atoms. The highest BCUT2D eigenvalue weighted by Gasteiger charge is 2.76. The molecule has 2 aromatic rings. The van der Waals surface area contributed by atoms with Crippen LogP contribution >= 0.6 is 0 Å². The van der Waals surface area contributed by atoms with Crippen molar-refractivity contribution in [1.29, 1.82) is 0 Å². The molecule has 4 aliphatic carbocycles. The van der Waals surface area contributed by atoms with Crippen molar-refractivity contribution in [3.63, 3.8) is 0 Å². The largest absolute Gasteiger partial charge is 0.497 e.